The first-order valence-electron chi connectivity index (χ1n) is 7.18. The monoisotopic (exact) mass is 265 g/mol. The van der Waals surface area contributed by atoms with Crippen LogP contribution in [0.25, 0.3) is 0 Å². The van der Waals surface area contributed by atoms with E-state index in [4.69, 9.17) is 9.47 Å². The van der Waals surface area contributed by atoms with E-state index < -0.39 is 0 Å². The molecule has 0 amide bonds. The van der Waals surface area contributed by atoms with Crippen molar-refractivity contribution in [1.29, 1.82) is 0 Å². The lowest BCUT2D eigenvalue weighted by molar-refractivity contribution is 0.392. The zero-order valence-corrected chi connectivity index (χ0v) is 12.7. The van der Waals surface area contributed by atoms with Crippen molar-refractivity contribution in [3.63, 3.8) is 0 Å². The highest BCUT2D eigenvalue weighted by Crippen LogP contribution is 2.23. The number of nitrogens with one attached hydrogen (secondary N) is 1. The Labute approximate surface area is 117 Å². The second-order valence-corrected chi connectivity index (χ2v) is 4.82. The fraction of sp³-hybridized carbons (Fsp3) is 0.625. The maximum Gasteiger partial charge on any atom is 0.122 e. The standard InChI is InChI=1S/C16H27NO2/c1-5-9-17-14(6-2)8-7-13-10-15(18-3)12-16(11-13)19-4/h10-12,14,17H,5-9H2,1-4H3. The van der Waals surface area contributed by atoms with E-state index in [1.54, 1.807) is 14.2 Å². The number of hydrogen-bond acceptors (Lipinski definition) is 3. The Kier molecular flexibility index (Phi) is 7.34. The molecule has 19 heavy (non-hydrogen) atoms. The van der Waals surface area contributed by atoms with Crippen molar-refractivity contribution in [3.8, 4) is 11.5 Å². The molecule has 1 rings (SSSR count). The first-order chi connectivity index (χ1) is 9.23. The van der Waals surface area contributed by atoms with E-state index in [0.29, 0.717) is 6.04 Å². The van der Waals surface area contributed by atoms with Gasteiger partial charge >= 0.3 is 0 Å². The quantitative estimate of drug-likeness (QED) is 0.742. The van der Waals surface area contributed by atoms with E-state index in [9.17, 15) is 0 Å². The van der Waals surface area contributed by atoms with Gasteiger partial charge in [0.05, 0.1) is 14.2 Å². The van der Waals surface area contributed by atoms with Crippen molar-refractivity contribution in [2.45, 2.75) is 45.6 Å². The van der Waals surface area contributed by atoms with Crippen LogP contribution in [0.1, 0.15) is 38.7 Å². The summed E-state index contributed by atoms with van der Waals surface area (Å²) in [6.45, 7) is 5.53. The first-order valence-corrected chi connectivity index (χ1v) is 7.18. The Morgan fingerprint density at radius 2 is 1.68 bits per heavy atom. The first kappa shape index (κ1) is 15.8. The molecule has 0 aliphatic rings. The van der Waals surface area contributed by atoms with E-state index in [2.05, 4.69) is 31.3 Å². The van der Waals surface area contributed by atoms with Crippen LogP contribution in [0.2, 0.25) is 0 Å². The number of methoxy groups -OCH3 is 2. The molecule has 1 aromatic carbocycles. The summed E-state index contributed by atoms with van der Waals surface area (Å²) in [6, 6.07) is 6.69. The van der Waals surface area contributed by atoms with Crippen LogP contribution < -0.4 is 14.8 Å². The predicted octanol–water partition coefficient (Wildman–Crippen LogP) is 3.41. The van der Waals surface area contributed by atoms with Crippen molar-refractivity contribution in [2.75, 3.05) is 20.8 Å². The van der Waals surface area contributed by atoms with E-state index in [1.165, 1.54) is 18.4 Å². The molecule has 0 spiro atoms. The molecule has 0 fully saturated rings. The van der Waals surface area contributed by atoms with E-state index >= 15 is 0 Å². The Balaban J connectivity index is 2.60. The molecule has 1 aromatic rings. The van der Waals surface area contributed by atoms with Gasteiger partial charge in [-0.1, -0.05) is 13.8 Å². The molecule has 3 heteroatoms. The minimum absolute atomic E-state index is 0.595. The van der Waals surface area contributed by atoms with Crippen LogP contribution in [0.5, 0.6) is 11.5 Å². The van der Waals surface area contributed by atoms with Crippen molar-refractivity contribution in [3.05, 3.63) is 23.8 Å². The number of ether oxygens (including phenoxy) is 2. The van der Waals surface area contributed by atoms with E-state index in [1.807, 2.05) is 6.07 Å². The van der Waals surface area contributed by atoms with Crippen LogP contribution in [-0.4, -0.2) is 26.8 Å². The maximum absolute atomic E-state index is 5.30. The van der Waals surface area contributed by atoms with Gasteiger partial charge in [0.25, 0.3) is 0 Å². The highest BCUT2D eigenvalue weighted by atomic mass is 16.5. The van der Waals surface area contributed by atoms with Crippen LogP contribution in [0.3, 0.4) is 0 Å². The van der Waals surface area contributed by atoms with Crippen LogP contribution in [-0.2, 0) is 6.42 Å². The minimum Gasteiger partial charge on any atom is -0.497 e. The summed E-state index contributed by atoms with van der Waals surface area (Å²) in [7, 11) is 3.38. The third-order valence-corrected chi connectivity index (χ3v) is 3.37. The Morgan fingerprint density at radius 1 is 1.05 bits per heavy atom. The van der Waals surface area contributed by atoms with Gasteiger partial charge < -0.3 is 14.8 Å². The summed E-state index contributed by atoms with van der Waals surface area (Å²) < 4.78 is 10.6. The van der Waals surface area contributed by atoms with Crippen molar-refractivity contribution in [2.24, 2.45) is 0 Å². The molecule has 0 radical (unpaired) electrons. The molecule has 0 saturated heterocycles. The lowest BCUT2D eigenvalue weighted by Crippen LogP contribution is -2.29. The Morgan fingerprint density at radius 3 is 2.16 bits per heavy atom. The summed E-state index contributed by atoms with van der Waals surface area (Å²) in [5, 5.41) is 3.58. The van der Waals surface area contributed by atoms with Gasteiger partial charge in [-0.25, -0.2) is 0 Å². The van der Waals surface area contributed by atoms with Crippen molar-refractivity contribution in [1.82, 2.24) is 5.32 Å². The third kappa shape index (κ3) is 5.52. The highest BCUT2D eigenvalue weighted by Gasteiger charge is 2.07. The molecule has 1 atom stereocenters. The van der Waals surface area contributed by atoms with Gasteiger partial charge in [0.15, 0.2) is 0 Å². The average molecular weight is 265 g/mol. The zero-order chi connectivity index (χ0) is 14.1. The van der Waals surface area contributed by atoms with Crippen LogP contribution in [0.4, 0.5) is 0 Å². The molecular formula is C16H27NO2. The fourth-order valence-electron chi connectivity index (χ4n) is 2.15. The summed E-state index contributed by atoms with van der Waals surface area (Å²) in [5.74, 6) is 1.73. The van der Waals surface area contributed by atoms with Gasteiger partial charge in [-0.05, 0) is 49.9 Å². The highest BCUT2D eigenvalue weighted by molar-refractivity contribution is 5.38. The lowest BCUT2D eigenvalue weighted by atomic mass is 10.0. The Bertz CT molecular complexity index is 344. The summed E-state index contributed by atoms with van der Waals surface area (Å²) in [6.07, 6.45) is 4.54. The Hall–Kier alpha value is -1.22. The zero-order valence-electron chi connectivity index (χ0n) is 12.7. The van der Waals surface area contributed by atoms with Crippen LogP contribution in [0.15, 0.2) is 18.2 Å². The second-order valence-electron chi connectivity index (χ2n) is 4.82. The summed E-state index contributed by atoms with van der Waals surface area (Å²) in [4.78, 5) is 0. The minimum atomic E-state index is 0.595. The molecular weight excluding hydrogens is 238 g/mol. The fourth-order valence-corrected chi connectivity index (χ4v) is 2.15. The molecule has 0 aliphatic carbocycles. The van der Waals surface area contributed by atoms with Gasteiger partial charge in [-0.15, -0.1) is 0 Å². The molecule has 108 valence electrons. The third-order valence-electron chi connectivity index (χ3n) is 3.37. The topological polar surface area (TPSA) is 30.5 Å². The van der Waals surface area contributed by atoms with Gasteiger partial charge in [0.1, 0.15) is 11.5 Å². The van der Waals surface area contributed by atoms with Gasteiger partial charge in [-0.3, -0.25) is 0 Å². The van der Waals surface area contributed by atoms with Gasteiger partial charge in [-0.2, -0.15) is 0 Å². The number of benzene rings is 1. The SMILES string of the molecule is CCCNC(CC)CCc1cc(OC)cc(OC)c1. The van der Waals surface area contributed by atoms with Crippen molar-refractivity contribution < 1.29 is 9.47 Å². The number of aryl methyl sites for hydroxylation is 1. The van der Waals surface area contributed by atoms with Crippen LogP contribution >= 0.6 is 0 Å². The van der Waals surface area contributed by atoms with Crippen molar-refractivity contribution >= 4 is 0 Å². The normalized spacial score (nSPS) is 12.2. The molecule has 0 heterocycles. The second kappa shape index (κ2) is 8.81. The summed E-state index contributed by atoms with van der Waals surface area (Å²) >= 11 is 0. The van der Waals surface area contributed by atoms with Crippen LogP contribution in [0, 0.1) is 0 Å². The van der Waals surface area contributed by atoms with Gasteiger partial charge in [0.2, 0.25) is 0 Å². The molecule has 0 aliphatic heterocycles. The largest absolute Gasteiger partial charge is 0.497 e. The van der Waals surface area contributed by atoms with E-state index in [0.717, 1.165) is 30.9 Å². The molecule has 3 nitrogen and oxygen atoms in total. The molecule has 0 saturated carbocycles. The smallest absolute Gasteiger partial charge is 0.122 e. The molecule has 0 bridgehead atoms. The molecule has 0 aromatic heterocycles. The van der Waals surface area contributed by atoms with E-state index in [-0.39, 0.29) is 0 Å². The molecule has 1 N–H and O–H groups in total. The molecule has 1 unspecified atom stereocenters. The number of rotatable bonds is 9. The summed E-state index contributed by atoms with van der Waals surface area (Å²) in [5.41, 5.74) is 1.27. The lowest BCUT2D eigenvalue weighted by Gasteiger charge is -2.17. The number of hydrogen-bond donors (Lipinski definition) is 1. The van der Waals surface area contributed by atoms with Gasteiger partial charge in [0, 0.05) is 12.1 Å². The average Bonchev–Trinajstić information content (AvgIpc) is 2.47. The maximum atomic E-state index is 5.30. The predicted molar refractivity (Wildman–Crippen MR) is 80.2 cm³/mol.